The lowest BCUT2D eigenvalue weighted by molar-refractivity contribution is 0.438. The van der Waals surface area contributed by atoms with E-state index in [9.17, 15) is 0 Å². The fourth-order valence-corrected chi connectivity index (χ4v) is 1.59. The smallest absolute Gasteiger partial charge is 0.0672 e. The van der Waals surface area contributed by atoms with Crippen LogP contribution in [0, 0.1) is 0 Å². The Bertz CT molecular complexity index is 362. The standard InChI is InChI=1S/C12H14N2/c1-3-10-4-5-12(13-8-10)11-6-7-14(2)9-11/h3-6,8H,1,7,9H2,2H3. The molecule has 0 atom stereocenters. The van der Waals surface area contributed by atoms with Crippen molar-refractivity contribution >= 4 is 11.6 Å². The van der Waals surface area contributed by atoms with Crippen molar-refractivity contribution in [3.05, 3.63) is 42.2 Å². The largest absolute Gasteiger partial charge is 0.298 e. The van der Waals surface area contributed by atoms with E-state index < -0.39 is 0 Å². The van der Waals surface area contributed by atoms with Crippen LogP contribution in [-0.4, -0.2) is 30.0 Å². The van der Waals surface area contributed by atoms with E-state index in [0.717, 1.165) is 24.3 Å². The summed E-state index contributed by atoms with van der Waals surface area (Å²) >= 11 is 0. The summed E-state index contributed by atoms with van der Waals surface area (Å²) in [6, 6.07) is 4.11. The van der Waals surface area contributed by atoms with Gasteiger partial charge in [0.05, 0.1) is 5.69 Å². The van der Waals surface area contributed by atoms with Crippen LogP contribution in [0.3, 0.4) is 0 Å². The molecule has 1 aliphatic rings. The number of likely N-dealkylation sites (N-methyl/N-ethyl adjacent to an activating group) is 1. The molecule has 2 rings (SSSR count). The molecule has 2 heteroatoms. The first-order valence-electron chi connectivity index (χ1n) is 4.76. The van der Waals surface area contributed by atoms with Crippen LogP contribution >= 0.6 is 0 Å². The zero-order valence-electron chi connectivity index (χ0n) is 8.40. The Morgan fingerprint density at radius 3 is 2.86 bits per heavy atom. The molecule has 0 bridgehead atoms. The molecule has 0 saturated heterocycles. The molecule has 0 N–H and O–H groups in total. The van der Waals surface area contributed by atoms with Crippen LogP contribution < -0.4 is 0 Å². The zero-order valence-corrected chi connectivity index (χ0v) is 8.40. The molecule has 0 fully saturated rings. The number of hydrogen-bond acceptors (Lipinski definition) is 2. The second-order valence-corrected chi connectivity index (χ2v) is 3.61. The number of pyridine rings is 1. The lowest BCUT2D eigenvalue weighted by atomic mass is 10.1. The first-order chi connectivity index (χ1) is 6.79. The van der Waals surface area contributed by atoms with Crippen LogP contribution in [-0.2, 0) is 0 Å². The molecule has 72 valence electrons. The Morgan fingerprint density at radius 2 is 2.36 bits per heavy atom. The molecule has 1 aromatic heterocycles. The van der Waals surface area contributed by atoms with Gasteiger partial charge in [-0.3, -0.25) is 9.88 Å². The Morgan fingerprint density at radius 1 is 1.50 bits per heavy atom. The van der Waals surface area contributed by atoms with Crippen molar-refractivity contribution in [2.45, 2.75) is 0 Å². The summed E-state index contributed by atoms with van der Waals surface area (Å²) in [6.45, 7) is 5.74. The topological polar surface area (TPSA) is 16.1 Å². The van der Waals surface area contributed by atoms with Crippen LogP contribution in [0.4, 0.5) is 0 Å². The van der Waals surface area contributed by atoms with Gasteiger partial charge in [-0.15, -0.1) is 0 Å². The predicted molar refractivity (Wildman–Crippen MR) is 59.8 cm³/mol. The molecule has 0 aromatic carbocycles. The van der Waals surface area contributed by atoms with Gasteiger partial charge in [-0.25, -0.2) is 0 Å². The minimum Gasteiger partial charge on any atom is -0.298 e. The molecule has 0 saturated carbocycles. The summed E-state index contributed by atoms with van der Waals surface area (Å²) in [7, 11) is 2.11. The first-order valence-corrected chi connectivity index (χ1v) is 4.76. The molecule has 14 heavy (non-hydrogen) atoms. The second-order valence-electron chi connectivity index (χ2n) is 3.61. The van der Waals surface area contributed by atoms with Gasteiger partial charge in [-0.05, 0) is 24.3 Å². The molecule has 0 amide bonds. The molecule has 0 aliphatic carbocycles. The van der Waals surface area contributed by atoms with E-state index in [1.807, 2.05) is 12.3 Å². The van der Waals surface area contributed by atoms with Gasteiger partial charge in [-0.2, -0.15) is 0 Å². The zero-order chi connectivity index (χ0) is 9.97. The number of nitrogens with zero attached hydrogens (tertiary/aromatic N) is 2. The molecule has 0 radical (unpaired) electrons. The highest BCUT2D eigenvalue weighted by Crippen LogP contribution is 2.18. The lowest BCUT2D eigenvalue weighted by Gasteiger charge is -2.07. The van der Waals surface area contributed by atoms with Crippen molar-refractivity contribution < 1.29 is 0 Å². The highest BCUT2D eigenvalue weighted by atomic mass is 15.1. The van der Waals surface area contributed by atoms with E-state index in [-0.39, 0.29) is 0 Å². The van der Waals surface area contributed by atoms with E-state index in [1.54, 1.807) is 0 Å². The average Bonchev–Trinajstić information content (AvgIpc) is 2.65. The maximum atomic E-state index is 4.40. The first kappa shape index (κ1) is 9.16. The predicted octanol–water partition coefficient (Wildman–Crippen LogP) is 2.05. The fourth-order valence-electron chi connectivity index (χ4n) is 1.59. The van der Waals surface area contributed by atoms with Crippen LogP contribution in [0.5, 0.6) is 0 Å². The third kappa shape index (κ3) is 1.75. The van der Waals surface area contributed by atoms with Crippen molar-refractivity contribution in [3.63, 3.8) is 0 Å². The fraction of sp³-hybridized carbons (Fsp3) is 0.250. The van der Waals surface area contributed by atoms with E-state index in [1.165, 1.54) is 5.57 Å². The minimum absolute atomic E-state index is 1.00. The molecule has 1 aliphatic heterocycles. The number of aromatic nitrogens is 1. The summed E-state index contributed by atoms with van der Waals surface area (Å²) < 4.78 is 0. The molecular formula is C12H14N2. The van der Waals surface area contributed by atoms with Crippen LogP contribution in [0.1, 0.15) is 11.3 Å². The van der Waals surface area contributed by atoms with Crippen molar-refractivity contribution in [1.82, 2.24) is 9.88 Å². The monoisotopic (exact) mass is 186 g/mol. The third-order valence-corrected chi connectivity index (χ3v) is 2.44. The summed E-state index contributed by atoms with van der Waals surface area (Å²) in [5, 5.41) is 0. The summed E-state index contributed by atoms with van der Waals surface area (Å²) in [5.74, 6) is 0. The SMILES string of the molecule is C=Cc1ccc(C2=CCN(C)C2)nc1. The Labute approximate surface area is 84.6 Å². The minimum atomic E-state index is 1.00. The van der Waals surface area contributed by atoms with Gasteiger partial charge in [-0.1, -0.05) is 24.8 Å². The number of hydrogen-bond donors (Lipinski definition) is 0. The van der Waals surface area contributed by atoms with Crippen LogP contribution in [0.2, 0.25) is 0 Å². The summed E-state index contributed by atoms with van der Waals surface area (Å²) in [6.07, 6.45) is 5.91. The van der Waals surface area contributed by atoms with Gasteiger partial charge in [0.2, 0.25) is 0 Å². The maximum absolute atomic E-state index is 4.40. The van der Waals surface area contributed by atoms with Crippen LogP contribution in [0.25, 0.3) is 11.6 Å². The maximum Gasteiger partial charge on any atom is 0.0672 e. The van der Waals surface area contributed by atoms with Gasteiger partial charge in [0, 0.05) is 19.3 Å². The van der Waals surface area contributed by atoms with Crippen molar-refractivity contribution in [2.75, 3.05) is 20.1 Å². The number of rotatable bonds is 2. The summed E-state index contributed by atoms with van der Waals surface area (Å²) in [4.78, 5) is 6.66. The highest BCUT2D eigenvalue weighted by molar-refractivity contribution is 5.66. The molecule has 2 nitrogen and oxygen atoms in total. The lowest BCUT2D eigenvalue weighted by Crippen LogP contribution is -2.13. The molecule has 2 heterocycles. The third-order valence-electron chi connectivity index (χ3n) is 2.44. The Kier molecular flexibility index (Phi) is 2.46. The molecule has 1 aromatic rings. The van der Waals surface area contributed by atoms with Crippen molar-refractivity contribution in [1.29, 1.82) is 0 Å². The molecular weight excluding hydrogens is 172 g/mol. The average molecular weight is 186 g/mol. The van der Waals surface area contributed by atoms with Gasteiger partial charge in [0.15, 0.2) is 0 Å². The Balaban J connectivity index is 2.21. The van der Waals surface area contributed by atoms with Gasteiger partial charge >= 0.3 is 0 Å². The van der Waals surface area contributed by atoms with Gasteiger partial charge < -0.3 is 0 Å². The second kappa shape index (κ2) is 3.76. The quantitative estimate of drug-likeness (QED) is 0.702. The van der Waals surface area contributed by atoms with Gasteiger partial charge in [0.25, 0.3) is 0 Å². The normalized spacial score (nSPS) is 16.8. The van der Waals surface area contributed by atoms with E-state index in [4.69, 9.17) is 0 Å². The summed E-state index contributed by atoms with van der Waals surface area (Å²) in [5.41, 5.74) is 3.48. The van der Waals surface area contributed by atoms with Crippen LogP contribution in [0.15, 0.2) is 31.0 Å². The highest BCUT2D eigenvalue weighted by Gasteiger charge is 2.11. The van der Waals surface area contributed by atoms with Crippen molar-refractivity contribution in [2.24, 2.45) is 0 Å². The van der Waals surface area contributed by atoms with E-state index in [0.29, 0.717) is 0 Å². The van der Waals surface area contributed by atoms with E-state index >= 15 is 0 Å². The Hall–Kier alpha value is -1.41. The van der Waals surface area contributed by atoms with Gasteiger partial charge in [0.1, 0.15) is 0 Å². The van der Waals surface area contributed by atoms with Crippen molar-refractivity contribution in [3.8, 4) is 0 Å². The molecule has 0 spiro atoms. The van der Waals surface area contributed by atoms with E-state index in [2.05, 4.69) is 41.7 Å². The molecule has 0 unspecified atom stereocenters.